The number of carbonyl (C=O) groups excluding carboxylic acids is 1. The summed E-state index contributed by atoms with van der Waals surface area (Å²) in [4.78, 5) is 19.9. The Morgan fingerprint density at radius 3 is 2.90 bits per heavy atom. The maximum Gasteiger partial charge on any atom is 0.308 e. The monoisotopic (exact) mass is 444 g/mol. The van der Waals surface area contributed by atoms with E-state index < -0.39 is 11.6 Å². The molecule has 2 unspecified atom stereocenters. The fourth-order valence-electron chi connectivity index (χ4n) is 3.88. The van der Waals surface area contributed by atoms with Gasteiger partial charge in [-0.15, -0.1) is 0 Å². The fraction of sp³-hybridized carbons (Fsp3) is 0.318. The largest absolute Gasteiger partial charge is 0.469 e. The number of anilines is 2. The molecule has 9 heteroatoms. The second-order valence-corrected chi connectivity index (χ2v) is 8.62. The minimum Gasteiger partial charge on any atom is -0.469 e. The number of carbonyl (C=O) groups is 1. The van der Waals surface area contributed by atoms with Gasteiger partial charge in [0.05, 0.1) is 29.8 Å². The van der Waals surface area contributed by atoms with Crippen LogP contribution < -0.4 is 10.5 Å². The highest BCUT2D eigenvalue weighted by Gasteiger charge is 2.28. The molecule has 162 valence electrons. The second-order valence-electron chi connectivity index (χ2n) is 7.51. The van der Waals surface area contributed by atoms with Crippen LogP contribution in [-0.4, -0.2) is 28.3 Å². The number of halogens is 2. The molecule has 3 N–H and O–H groups in total. The molecule has 1 fully saturated rings. The summed E-state index contributed by atoms with van der Waals surface area (Å²) in [6, 6.07) is 7.52. The first-order valence-electron chi connectivity index (χ1n) is 9.96. The van der Waals surface area contributed by atoms with Crippen LogP contribution in [0.25, 0.3) is 22.0 Å². The predicted octanol–water partition coefficient (Wildman–Crippen LogP) is 4.95. The van der Waals surface area contributed by atoms with Crippen LogP contribution in [0.4, 0.5) is 20.4 Å². The molecule has 1 aromatic heterocycles. The number of benzene rings is 2. The zero-order chi connectivity index (χ0) is 22.0. The van der Waals surface area contributed by atoms with Crippen LogP contribution in [-0.2, 0) is 9.53 Å². The summed E-state index contributed by atoms with van der Waals surface area (Å²) in [5.74, 6) is -1.54. The van der Waals surface area contributed by atoms with Crippen molar-refractivity contribution in [1.82, 2.24) is 9.97 Å². The number of rotatable bonds is 5. The van der Waals surface area contributed by atoms with Crippen molar-refractivity contribution in [2.24, 2.45) is 5.92 Å². The van der Waals surface area contributed by atoms with E-state index in [1.54, 1.807) is 18.2 Å². The van der Waals surface area contributed by atoms with Gasteiger partial charge in [-0.1, -0.05) is 12.5 Å². The molecule has 0 saturated heterocycles. The second kappa shape index (κ2) is 9.05. The zero-order valence-electron chi connectivity index (χ0n) is 16.9. The van der Waals surface area contributed by atoms with Gasteiger partial charge in [0.1, 0.15) is 5.82 Å². The van der Waals surface area contributed by atoms with Crippen molar-refractivity contribution in [1.29, 1.82) is 0 Å². The molecule has 3 aromatic rings. The van der Waals surface area contributed by atoms with Crippen molar-refractivity contribution >= 4 is 40.5 Å². The van der Waals surface area contributed by atoms with E-state index in [1.165, 1.54) is 37.4 Å². The van der Waals surface area contributed by atoms with Gasteiger partial charge in [-0.2, -0.15) is 0 Å². The smallest absolute Gasteiger partial charge is 0.308 e. The first-order valence-corrected chi connectivity index (χ1v) is 10.8. The van der Waals surface area contributed by atoms with E-state index >= 15 is 4.39 Å². The van der Waals surface area contributed by atoms with Crippen molar-refractivity contribution in [2.75, 3.05) is 17.6 Å². The third-order valence-corrected chi connectivity index (χ3v) is 6.57. The van der Waals surface area contributed by atoms with E-state index in [9.17, 15) is 9.18 Å². The summed E-state index contributed by atoms with van der Waals surface area (Å²) in [6.07, 6.45) is 4.80. The molecule has 0 amide bonds. The van der Waals surface area contributed by atoms with Gasteiger partial charge in [0.2, 0.25) is 5.95 Å². The van der Waals surface area contributed by atoms with Crippen LogP contribution in [0.3, 0.4) is 0 Å². The minimum absolute atomic E-state index is 0.125. The van der Waals surface area contributed by atoms with E-state index in [0.29, 0.717) is 22.9 Å². The highest BCUT2D eigenvalue weighted by atomic mass is 32.2. The molecule has 1 saturated carbocycles. The number of hydrogen-bond acceptors (Lipinski definition) is 7. The highest BCUT2D eigenvalue weighted by Crippen LogP contribution is 2.36. The lowest BCUT2D eigenvalue weighted by Gasteiger charge is -2.27. The van der Waals surface area contributed by atoms with Gasteiger partial charge in [0.25, 0.3) is 0 Å². The number of aromatic nitrogens is 2. The third-order valence-electron chi connectivity index (χ3n) is 5.47. The van der Waals surface area contributed by atoms with Gasteiger partial charge < -0.3 is 15.2 Å². The topological polar surface area (TPSA) is 90.1 Å². The maximum absolute atomic E-state index is 15.3. The van der Waals surface area contributed by atoms with E-state index in [4.69, 9.17) is 10.5 Å². The van der Waals surface area contributed by atoms with E-state index in [1.807, 2.05) is 0 Å². The van der Waals surface area contributed by atoms with Crippen molar-refractivity contribution in [3.05, 3.63) is 48.2 Å². The van der Waals surface area contributed by atoms with Crippen molar-refractivity contribution in [3.63, 3.8) is 0 Å². The molecule has 2 atom stereocenters. The van der Waals surface area contributed by atoms with Crippen LogP contribution in [0.2, 0.25) is 0 Å². The number of fused-ring (bicyclic) bond motifs is 1. The Hall–Kier alpha value is -2.94. The average Bonchev–Trinajstić information content (AvgIpc) is 2.78. The molecule has 31 heavy (non-hydrogen) atoms. The van der Waals surface area contributed by atoms with E-state index in [0.717, 1.165) is 19.3 Å². The molecule has 0 bridgehead atoms. The lowest BCUT2D eigenvalue weighted by molar-refractivity contribution is -0.146. The number of hydrogen-bond donors (Lipinski definition) is 2. The zero-order valence-corrected chi connectivity index (χ0v) is 17.7. The number of nitrogens with zero attached hydrogens (tertiary/aromatic N) is 2. The molecular weight excluding hydrogens is 422 g/mol. The first-order chi connectivity index (χ1) is 15.0. The number of esters is 1. The molecule has 1 aliphatic carbocycles. The van der Waals surface area contributed by atoms with Crippen LogP contribution in [0, 0.1) is 17.6 Å². The molecule has 4 rings (SSSR count). The van der Waals surface area contributed by atoms with Crippen molar-refractivity contribution in [3.8, 4) is 11.1 Å². The maximum atomic E-state index is 15.3. The number of methoxy groups -OCH3 is 1. The Kier molecular flexibility index (Phi) is 6.22. The summed E-state index contributed by atoms with van der Waals surface area (Å²) in [6.45, 7) is 0. The average molecular weight is 445 g/mol. The van der Waals surface area contributed by atoms with Crippen LogP contribution in [0.15, 0.2) is 36.5 Å². The van der Waals surface area contributed by atoms with Crippen LogP contribution in [0.5, 0.6) is 0 Å². The molecule has 0 aliphatic heterocycles. The Morgan fingerprint density at radius 1 is 1.26 bits per heavy atom. The number of nitrogens with one attached hydrogen (secondary N) is 1. The standard InChI is InChI=1S/C22H22F2N4O2S/c1-30-21(29)13-3-2-4-15(10-13)31-28-18-8-6-16(23)19(20(18)24)12-5-7-17-14(9-12)11-26-22(25)27-17/h5-9,11,13,15,28H,2-4,10H2,1H3,(H2,25,26,27). The molecule has 1 aliphatic rings. The van der Waals surface area contributed by atoms with Crippen molar-refractivity contribution < 1.29 is 18.3 Å². The Balaban J connectivity index is 1.55. The quantitative estimate of drug-likeness (QED) is 0.425. The number of ether oxygens (including phenoxy) is 1. The minimum atomic E-state index is -0.677. The Morgan fingerprint density at radius 2 is 2.10 bits per heavy atom. The van der Waals surface area contributed by atoms with Gasteiger partial charge in [-0.3, -0.25) is 4.79 Å². The summed E-state index contributed by atoms with van der Waals surface area (Å²) in [5, 5.41) is 0.767. The number of nitrogens with two attached hydrogens (primary N) is 1. The third kappa shape index (κ3) is 4.56. The molecular formula is C22H22F2N4O2S. The highest BCUT2D eigenvalue weighted by molar-refractivity contribution is 8.01. The van der Waals surface area contributed by atoms with E-state index in [-0.39, 0.29) is 34.3 Å². The molecule has 0 radical (unpaired) electrons. The lowest BCUT2D eigenvalue weighted by Crippen LogP contribution is -2.25. The first kappa shape index (κ1) is 21.3. The fourth-order valence-corrected chi connectivity index (χ4v) is 4.94. The van der Waals surface area contributed by atoms with Gasteiger partial charge in [-0.25, -0.2) is 18.7 Å². The predicted molar refractivity (Wildman–Crippen MR) is 118 cm³/mol. The van der Waals surface area contributed by atoms with Crippen molar-refractivity contribution in [2.45, 2.75) is 30.9 Å². The van der Waals surface area contributed by atoms with E-state index in [2.05, 4.69) is 14.7 Å². The summed E-state index contributed by atoms with van der Waals surface area (Å²) in [5.41, 5.74) is 6.63. The SMILES string of the molecule is COC(=O)C1CCCC(SNc2ccc(F)c(-c3ccc4nc(N)ncc4c3)c2F)C1. The van der Waals surface area contributed by atoms with Gasteiger partial charge >= 0.3 is 5.97 Å². The van der Waals surface area contributed by atoms with Gasteiger partial charge in [-0.05, 0) is 61.0 Å². The molecule has 0 spiro atoms. The molecule has 1 heterocycles. The molecule has 2 aromatic carbocycles. The van der Waals surface area contributed by atoms with Crippen LogP contribution in [0.1, 0.15) is 25.7 Å². The Bertz CT molecular complexity index is 1130. The number of nitrogen functional groups attached to an aromatic ring is 1. The summed E-state index contributed by atoms with van der Waals surface area (Å²) < 4.78 is 37.7. The Labute approximate surface area is 182 Å². The normalized spacial score (nSPS) is 18.7. The van der Waals surface area contributed by atoms with Crippen LogP contribution >= 0.6 is 11.9 Å². The van der Waals surface area contributed by atoms with Gasteiger partial charge in [0, 0.05) is 16.8 Å². The lowest BCUT2D eigenvalue weighted by atomic mass is 9.89. The van der Waals surface area contributed by atoms with Gasteiger partial charge in [0.15, 0.2) is 5.82 Å². The molecule has 6 nitrogen and oxygen atoms in total. The summed E-state index contributed by atoms with van der Waals surface area (Å²) >= 11 is 1.36. The summed E-state index contributed by atoms with van der Waals surface area (Å²) in [7, 11) is 1.39.